The molecule has 1 aromatic carbocycles. The summed E-state index contributed by atoms with van der Waals surface area (Å²) in [5.41, 5.74) is 2.38. The number of nitrogens with zero attached hydrogens (tertiary/aromatic N) is 1. The molecule has 1 N–H and O–H groups in total. The van der Waals surface area contributed by atoms with Gasteiger partial charge in [0.05, 0.1) is 23.9 Å². The Labute approximate surface area is 129 Å². The molecule has 0 aliphatic carbocycles. The van der Waals surface area contributed by atoms with E-state index in [1.54, 1.807) is 32.2 Å². The molecule has 2 aromatic rings. The van der Waals surface area contributed by atoms with Crippen molar-refractivity contribution in [2.24, 2.45) is 0 Å². The summed E-state index contributed by atoms with van der Waals surface area (Å²) < 4.78 is 10.9. The highest BCUT2D eigenvalue weighted by Gasteiger charge is 2.08. The van der Waals surface area contributed by atoms with E-state index in [1.807, 2.05) is 19.1 Å². The van der Waals surface area contributed by atoms with E-state index in [1.165, 1.54) is 0 Å². The van der Waals surface area contributed by atoms with Gasteiger partial charge in [-0.1, -0.05) is 17.7 Å². The van der Waals surface area contributed by atoms with Crippen LogP contribution in [0.5, 0.6) is 11.5 Å². The maximum absolute atomic E-state index is 9.51. The van der Waals surface area contributed by atoms with Crippen LogP contribution in [-0.4, -0.2) is 17.2 Å². The first kappa shape index (κ1) is 15.6. The molecular weight excluding hydrogens is 290 g/mol. The van der Waals surface area contributed by atoms with Gasteiger partial charge in [-0.3, -0.25) is 4.98 Å². The van der Waals surface area contributed by atoms with Crippen molar-refractivity contribution < 1.29 is 14.6 Å². The Balaban J connectivity index is 2.11. The van der Waals surface area contributed by atoms with Crippen LogP contribution < -0.4 is 9.47 Å². The number of methoxy groups -OCH3 is 1. The van der Waals surface area contributed by atoms with Crippen molar-refractivity contribution >= 4 is 11.6 Å². The van der Waals surface area contributed by atoms with Crippen LogP contribution in [0.1, 0.15) is 30.0 Å². The minimum Gasteiger partial charge on any atom is -0.497 e. The monoisotopic (exact) mass is 307 g/mol. The second-order valence-corrected chi connectivity index (χ2v) is 5.20. The highest BCUT2D eigenvalue weighted by Crippen LogP contribution is 2.28. The SMILES string of the molecule is COc1cc(C)nc(COc2ccc([C@@H](C)O)cc2Cl)c1. The number of aromatic nitrogens is 1. The van der Waals surface area contributed by atoms with E-state index in [4.69, 9.17) is 21.1 Å². The van der Waals surface area contributed by atoms with Gasteiger partial charge in [-0.2, -0.15) is 0 Å². The zero-order chi connectivity index (χ0) is 15.4. The Morgan fingerprint density at radius 2 is 2.05 bits per heavy atom. The summed E-state index contributed by atoms with van der Waals surface area (Å²) in [6.07, 6.45) is -0.556. The zero-order valence-corrected chi connectivity index (χ0v) is 13.0. The first-order chi connectivity index (χ1) is 9.99. The third kappa shape index (κ3) is 4.09. The van der Waals surface area contributed by atoms with E-state index >= 15 is 0 Å². The van der Waals surface area contributed by atoms with Gasteiger partial charge in [-0.15, -0.1) is 0 Å². The molecule has 0 spiro atoms. The van der Waals surface area contributed by atoms with Crippen molar-refractivity contribution in [1.82, 2.24) is 4.98 Å². The summed E-state index contributed by atoms with van der Waals surface area (Å²) >= 11 is 6.15. The summed E-state index contributed by atoms with van der Waals surface area (Å²) in [5, 5.41) is 9.98. The average Bonchev–Trinajstić information content (AvgIpc) is 2.45. The second-order valence-electron chi connectivity index (χ2n) is 4.79. The van der Waals surface area contributed by atoms with Crippen molar-refractivity contribution in [1.29, 1.82) is 0 Å². The molecule has 1 aromatic heterocycles. The molecule has 2 rings (SSSR count). The molecule has 0 aliphatic heterocycles. The maximum atomic E-state index is 9.51. The van der Waals surface area contributed by atoms with Crippen LogP contribution in [0.25, 0.3) is 0 Å². The standard InChI is InChI=1S/C16H18ClNO3/c1-10-6-14(20-3)8-13(18-10)9-21-16-5-4-12(11(2)19)7-15(16)17/h4-8,11,19H,9H2,1-3H3/t11-/m1/s1. The molecule has 4 nitrogen and oxygen atoms in total. The third-order valence-corrected chi connectivity index (χ3v) is 3.32. The number of aliphatic hydroxyl groups excluding tert-OH is 1. The number of rotatable bonds is 5. The zero-order valence-electron chi connectivity index (χ0n) is 12.3. The Morgan fingerprint density at radius 3 is 2.67 bits per heavy atom. The maximum Gasteiger partial charge on any atom is 0.138 e. The smallest absolute Gasteiger partial charge is 0.138 e. The van der Waals surface area contributed by atoms with Gasteiger partial charge in [0.2, 0.25) is 0 Å². The fourth-order valence-electron chi connectivity index (χ4n) is 1.94. The second kappa shape index (κ2) is 6.78. The summed E-state index contributed by atoms with van der Waals surface area (Å²) in [5.74, 6) is 1.31. The molecule has 0 fully saturated rings. The molecule has 5 heteroatoms. The molecule has 1 heterocycles. The first-order valence-corrected chi connectivity index (χ1v) is 6.99. The summed E-state index contributed by atoms with van der Waals surface area (Å²) in [6, 6.07) is 8.92. The lowest BCUT2D eigenvalue weighted by Gasteiger charge is -2.11. The number of hydrogen-bond acceptors (Lipinski definition) is 4. The number of benzene rings is 1. The van der Waals surface area contributed by atoms with E-state index in [0.29, 0.717) is 17.4 Å². The number of aliphatic hydroxyl groups is 1. The number of hydrogen-bond donors (Lipinski definition) is 1. The van der Waals surface area contributed by atoms with Crippen molar-refractivity contribution in [2.75, 3.05) is 7.11 Å². The molecule has 0 unspecified atom stereocenters. The normalized spacial score (nSPS) is 12.0. The van der Waals surface area contributed by atoms with E-state index in [2.05, 4.69) is 4.98 Å². The van der Waals surface area contributed by atoms with Gasteiger partial charge in [-0.25, -0.2) is 0 Å². The summed E-state index contributed by atoms with van der Waals surface area (Å²) in [6.45, 7) is 3.89. The molecule has 112 valence electrons. The van der Waals surface area contributed by atoms with Gasteiger partial charge in [0, 0.05) is 17.8 Å². The molecule has 0 saturated carbocycles. The Bertz CT molecular complexity index is 629. The Hall–Kier alpha value is -1.78. The molecule has 0 amide bonds. The van der Waals surface area contributed by atoms with Gasteiger partial charge in [-0.05, 0) is 31.5 Å². The topological polar surface area (TPSA) is 51.6 Å². The van der Waals surface area contributed by atoms with E-state index < -0.39 is 6.10 Å². The van der Waals surface area contributed by atoms with Gasteiger partial charge < -0.3 is 14.6 Å². The molecule has 0 aliphatic rings. The van der Waals surface area contributed by atoms with Crippen LogP contribution >= 0.6 is 11.6 Å². The number of ether oxygens (including phenoxy) is 2. The van der Waals surface area contributed by atoms with Crippen LogP contribution in [0.2, 0.25) is 5.02 Å². The van der Waals surface area contributed by atoms with Gasteiger partial charge in [0.1, 0.15) is 18.1 Å². The first-order valence-electron chi connectivity index (χ1n) is 6.61. The average molecular weight is 308 g/mol. The predicted octanol–water partition coefficient (Wildman–Crippen LogP) is 3.68. The molecule has 0 saturated heterocycles. The summed E-state index contributed by atoms with van der Waals surface area (Å²) in [4.78, 5) is 4.38. The minimum atomic E-state index is -0.556. The van der Waals surface area contributed by atoms with Crippen molar-refractivity contribution in [3.8, 4) is 11.5 Å². The highest BCUT2D eigenvalue weighted by atomic mass is 35.5. The van der Waals surface area contributed by atoms with Crippen LogP contribution in [0.4, 0.5) is 0 Å². The van der Waals surface area contributed by atoms with Crippen LogP contribution in [0.3, 0.4) is 0 Å². The van der Waals surface area contributed by atoms with Crippen LogP contribution in [0.15, 0.2) is 30.3 Å². The number of aryl methyl sites for hydroxylation is 1. The number of halogens is 1. The lowest BCUT2D eigenvalue weighted by atomic mass is 10.1. The van der Waals surface area contributed by atoms with E-state index in [9.17, 15) is 5.11 Å². The highest BCUT2D eigenvalue weighted by molar-refractivity contribution is 6.32. The van der Waals surface area contributed by atoms with Crippen molar-refractivity contribution in [3.63, 3.8) is 0 Å². The lowest BCUT2D eigenvalue weighted by Crippen LogP contribution is -2.01. The fraction of sp³-hybridized carbons (Fsp3) is 0.312. The molecular formula is C16H18ClNO3. The van der Waals surface area contributed by atoms with Crippen LogP contribution in [0, 0.1) is 6.92 Å². The molecule has 1 atom stereocenters. The van der Waals surface area contributed by atoms with E-state index in [0.717, 1.165) is 22.7 Å². The third-order valence-electron chi connectivity index (χ3n) is 3.03. The molecule has 21 heavy (non-hydrogen) atoms. The Kier molecular flexibility index (Phi) is 5.04. The Morgan fingerprint density at radius 1 is 1.29 bits per heavy atom. The lowest BCUT2D eigenvalue weighted by molar-refractivity contribution is 0.199. The van der Waals surface area contributed by atoms with Crippen LogP contribution in [-0.2, 0) is 6.61 Å². The quantitative estimate of drug-likeness (QED) is 0.915. The fourth-order valence-corrected chi connectivity index (χ4v) is 2.18. The van der Waals surface area contributed by atoms with Crippen molar-refractivity contribution in [3.05, 3.63) is 52.3 Å². The van der Waals surface area contributed by atoms with Gasteiger partial charge >= 0.3 is 0 Å². The number of pyridine rings is 1. The predicted molar refractivity (Wildman–Crippen MR) is 81.9 cm³/mol. The molecule has 0 bridgehead atoms. The summed E-state index contributed by atoms with van der Waals surface area (Å²) in [7, 11) is 1.62. The van der Waals surface area contributed by atoms with Gasteiger partial charge in [0.25, 0.3) is 0 Å². The minimum absolute atomic E-state index is 0.297. The largest absolute Gasteiger partial charge is 0.497 e. The molecule has 0 radical (unpaired) electrons. The van der Waals surface area contributed by atoms with E-state index in [-0.39, 0.29) is 0 Å². The van der Waals surface area contributed by atoms with Crippen molar-refractivity contribution in [2.45, 2.75) is 26.6 Å². The van der Waals surface area contributed by atoms with Gasteiger partial charge in [0.15, 0.2) is 0 Å².